The summed E-state index contributed by atoms with van der Waals surface area (Å²) < 4.78 is 34.6. The van der Waals surface area contributed by atoms with Crippen LogP contribution in [0.5, 0.6) is 0 Å². The van der Waals surface area contributed by atoms with Gasteiger partial charge in [0.2, 0.25) is 0 Å². The highest BCUT2D eigenvalue weighted by Crippen LogP contribution is 2.21. The van der Waals surface area contributed by atoms with Crippen molar-refractivity contribution in [3.63, 3.8) is 0 Å². The number of hydrogen-bond donors (Lipinski definition) is 0. The van der Waals surface area contributed by atoms with E-state index in [2.05, 4.69) is 0 Å². The Morgan fingerprint density at radius 2 is 2.29 bits per heavy atom. The van der Waals surface area contributed by atoms with E-state index in [0.717, 1.165) is 0 Å². The molecule has 0 N–H and O–H groups in total. The molecule has 1 aliphatic rings. The minimum absolute atomic E-state index is 0.0461. The summed E-state index contributed by atoms with van der Waals surface area (Å²) in [5.41, 5.74) is 0. The van der Waals surface area contributed by atoms with Gasteiger partial charge in [0.1, 0.15) is 5.25 Å². The molecule has 17 heavy (non-hydrogen) atoms. The Kier molecular flexibility index (Phi) is 3.48. The molecule has 0 saturated carbocycles. The Morgan fingerprint density at radius 1 is 1.53 bits per heavy atom. The van der Waals surface area contributed by atoms with Gasteiger partial charge >= 0.3 is 10.2 Å². The first-order valence-electron chi connectivity index (χ1n) is 5.25. The summed E-state index contributed by atoms with van der Waals surface area (Å²) in [7, 11) is -4.55. The molecule has 1 fully saturated rings. The van der Waals surface area contributed by atoms with Crippen LogP contribution in [-0.2, 0) is 10.2 Å². The molecule has 1 amide bonds. The molecular weight excluding hydrogens is 265 g/mol. The molecule has 1 aliphatic heterocycles. The Balaban J connectivity index is 2.10. The third-order valence-electron chi connectivity index (χ3n) is 2.80. The Hall–Kier alpha value is -0.950. The average Bonchev–Trinajstić information content (AvgIpc) is 2.80. The third kappa shape index (κ3) is 2.84. The SMILES string of the molecule is O=C(c1cccs1)N1CCCC(S(=O)(=O)F)C1. The molecular formula is C10H12FNO3S2. The molecule has 1 aromatic heterocycles. The van der Waals surface area contributed by atoms with Crippen LogP contribution in [0, 0.1) is 0 Å². The lowest BCUT2D eigenvalue weighted by atomic mass is 10.1. The van der Waals surface area contributed by atoms with Crippen LogP contribution in [0.25, 0.3) is 0 Å². The van der Waals surface area contributed by atoms with Gasteiger partial charge in [0.15, 0.2) is 0 Å². The smallest absolute Gasteiger partial charge is 0.307 e. The van der Waals surface area contributed by atoms with Crippen molar-refractivity contribution in [3.05, 3.63) is 22.4 Å². The molecule has 0 aromatic carbocycles. The van der Waals surface area contributed by atoms with Gasteiger partial charge in [0.05, 0.1) is 4.88 Å². The molecule has 1 atom stereocenters. The van der Waals surface area contributed by atoms with Crippen molar-refractivity contribution in [2.45, 2.75) is 18.1 Å². The highest BCUT2D eigenvalue weighted by Gasteiger charge is 2.32. The minimum Gasteiger partial charge on any atom is -0.337 e. The summed E-state index contributed by atoms with van der Waals surface area (Å²) in [6, 6.07) is 3.44. The van der Waals surface area contributed by atoms with Gasteiger partial charge in [-0.05, 0) is 24.3 Å². The predicted octanol–water partition coefficient (Wildman–Crippen LogP) is 1.65. The molecule has 2 rings (SSSR count). The molecule has 0 aliphatic carbocycles. The number of halogens is 1. The maximum absolute atomic E-state index is 12.9. The van der Waals surface area contributed by atoms with E-state index in [1.807, 2.05) is 0 Å². The molecule has 7 heteroatoms. The van der Waals surface area contributed by atoms with Crippen molar-refractivity contribution in [2.24, 2.45) is 0 Å². The third-order valence-corrected chi connectivity index (χ3v) is 4.83. The normalized spacial score (nSPS) is 21.5. The van der Waals surface area contributed by atoms with Crippen molar-refractivity contribution >= 4 is 27.5 Å². The number of carbonyl (C=O) groups excluding carboxylic acids is 1. The first-order valence-corrected chi connectivity index (χ1v) is 7.57. The topological polar surface area (TPSA) is 54.5 Å². The first kappa shape index (κ1) is 12.5. The zero-order chi connectivity index (χ0) is 12.5. The van der Waals surface area contributed by atoms with Gasteiger partial charge < -0.3 is 4.90 Å². The molecule has 4 nitrogen and oxygen atoms in total. The summed E-state index contributed by atoms with van der Waals surface area (Å²) in [4.78, 5) is 13.9. The van der Waals surface area contributed by atoms with Crippen LogP contribution in [0.4, 0.5) is 3.89 Å². The fourth-order valence-corrected chi connectivity index (χ4v) is 3.41. The van der Waals surface area contributed by atoms with Crippen molar-refractivity contribution in [3.8, 4) is 0 Å². The van der Waals surface area contributed by atoms with Crippen LogP contribution >= 0.6 is 11.3 Å². The lowest BCUT2D eigenvalue weighted by molar-refractivity contribution is 0.0731. The van der Waals surface area contributed by atoms with Gasteiger partial charge in [0, 0.05) is 13.1 Å². The van der Waals surface area contributed by atoms with Crippen molar-refractivity contribution in [2.75, 3.05) is 13.1 Å². The lowest BCUT2D eigenvalue weighted by Crippen LogP contribution is -2.44. The quantitative estimate of drug-likeness (QED) is 0.772. The fraction of sp³-hybridized carbons (Fsp3) is 0.500. The Labute approximate surface area is 103 Å². The maximum atomic E-state index is 12.9. The van der Waals surface area contributed by atoms with E-state index in [4.69, 9.17) is 0 Å². The number of rotatable bonds is 2. The standard InChI is InChI=1S/C10H12FNO3S2/c11-17(14,15)8-3-1-5-12(7-8)10(13)9-4-2-6-16-9/h2,4,6,8H,1,3,5,7H2. The van der Waals surface area contributed by atoms with E-state index < -0.39 is 15.5 Å². The largest absolute Gasteiger partial charge is 0.337 e. The molecule has 94 valence electrons. The number of hydrogen-bond acceptors (Lipinski definition) is 4. The number of likely N-dealkylation sites (tertiary alicyclic amines) is 1. The van der Waals surface area contributed by atoms with Crippen LogP contribution in [0.1, 0.15) is 22.5 Å². The zero-order valence-corrected chi connectivity index (χ0v) is 10.6. The summed E-state index contributed by atoms with van der Waals surface area (Å²) in [5.74, 6) is -0.214. The van der Waals surface area contributed by atoms with Gasteiger partial charge in [-0.3, -0.25) is 4.79 Å². The van der Waals surface area contributed by atoms with Crippen LogP contribution in [0.3, 0.4) is 0 Å². The average molecular weight is 277 g/mol. The molecule has 1 saturated heterocycles. The summed E-state index contributed by atoms with van der Waals surface area (Å²) >= 11 is 1.30. The van der Waals surface area contributed by atoms with E-state index in [1.165, 1.54) is 16.2 Å². The first-order chi connectivity index (χ1) is 7.98. The summed E-state index contributed by atoms with van der Waals surface area (Å²) in [5, 5.41) is 0.709. The summed E-state index contributed by atoms with van der Waals surface area (Å²) in [6.07, 6.45) is 0.804. The van der Waals surface area contributed by atoms with Crippen molar-refractivity contribution in [1.29, 1.82) is 0 Å². The van der Waals surface area contributed by atoms with E-state index in [-0.39, 0.29) is 18.9 Å². The van der Waals surface area contributed by atoms with Crippen LogP contribution in [0.15, 0.2) is 17.5 Å². The minimum atomic E-state index is -4.55. The van der Waals surface area contributed by atoms with E-state index in [9.17, 15) is 17.1 Å². The highest BCUT2D eigenvalue weighted by molar-refractivity contribution is 7.87. The predicted molar refractivity (Wildman–Crippen MR) is 63.3 cm³/mol. The van der Waals surface area contributed by atoms with Gasteiger partial charge in [-0.2, -0.15) is 8.42 Å². The maximum Gasteiger partial charge on any atom is 0.307 e. The van der Waals surface area contributed by atoms with Gasteiger partial charge in [0.25, 0.3) is 5.91 Å². The second kappa shape index (κ2) is 4.73. The molecule has 0 radical (unpaired) electrons. The van der Waals surface area contributed by atoms with Crippen LogP contribution in [0.2, 0.25) is 0 Å². The van der Waals surface area contributed by atoms with Gasteiger partial charge in [-0.1, -0.05) is 6.07 Å². The molecule has 0 spiro atoms. The monoisotopic (exact) mass is 277 g/mol. The number of carbonyl (C=O) groups is 1. The molecule has 0 bridgehead atoms. The lowest BCUT2D eigenvalue weighted by Gasteiger charge is -2.30. The van der Waals surface area contributed by atoms with Crippen molar-refractivity contribution < 1.29 is 17.1 Å². The fourth-order valence-electron chi connectivity index (χ4n) is 1.91. The second-order valence-electron chi connectivity index (χ2n) is 3.97. The second-order valence-corrected chi connectivity index (χ2v) is 6.53. The molecule has 1 aromatic rings. The molecule has 2 heterocycles. The van der Waals surface area contributed by atoms with Gasteiger partial charge in [-0.15, -0.1) is 15.2 Å². The number of piperidine rings is 1. The number of amides is 1. The van der Waals surface area contributed by atoms with Crippen LogP contribution < -0.4 is 0 Å². The van der Waals surface area contributed by atoms with Crippen molar-refractivity contribution in [1.82, 2.24) is 4.90 Å². The summed E-state index contributed by atoms with van der Waals surface area (Å²) in [6.45, 7) is 0.443. The van der Waals surface area contributed by atoms with E-state index in [0.29, 0.717) is 17.8 Å². The number of nitrogens with zero attached hydrogens (tertiary/aromatic N) is 1. The van der Waals surface area contributed by atoms with Crippen LogP contribution in [-0.4, -0.2) is 37.6 Å². The van der Waals surface area contributed by atoms with E-state index in [1.54, 1.807) is 17.5 Å². The Bertz CT molecular complexity index is 498. The zero-order valence-electron chi connectivity index (χ0n) is 9.00. The Morgan fingerprint density at radius 3 is 2.88 bits per heavy atom. The van der Waals surface area contributed by atoms with E-state index >= 15 is 0 Å². The highest BCUT2D eigenvalue weighted by atomic mass is 32.3. The van der Waals surface area contributed by atoms with Gasteiger partial charge in [-0.25, -0.2) is 0 Å². The number of thiophene rings is 1. The molecule has 1 unspecified atom stereocenters.